The van der Waals surface area contributed by atoms with Crippen molar-refractivity contribution in [3.63, 3.8) is 0 Å². The lowest BCUT2D eigenvalue weighted by Crippen LogP contribution is -2.16. The smallest absolute Gasteiger partial charge is 0.238 e. The number of thiophene rings is 1. The van der Waals surface area contributed by atoms with Crippen LogP contribution in [-0.4, -0.2) is 49.9 Å². The molecule has 0 aromatic carbocycles. The van der Waals surface area contributed by atoms with Gasteiger partial charge in [0.2, 0.25) is 15.9 Å². The molecule has 29 heavy (non-hydrogen) atoms. The molecule has 0 spiro atoms. The summed E-state index contributed by atoms with van der Waals surface area (Å²) >= 11 is 5.10. The zero-order chi connectivity index (χ0) is 20.6. The molecule has 154 valence electrons. The van der Waals surface area contributed by atoms with Crippen molar-refractivity contribution in [2.75, 3.05) is 31.3 Å². The van der Waals surface area contributed by atoms with Crippen LogP contribution in [0, 0.1) is 0 Å². The average molecular weight is 499 g/mol. The van der Waals surface area contributed by atoms with Crippen molar-refractivity contribution < 1.29 is 17.9 Å². The fourth-order valence-corrected chi connectivity index (χ4v) is 5.38. The number of fused-ring (bicyclic) bond motifs is 1. The summed E-state index contributed by atoms with van der Waals surface area (Å²) < 4.78 is 38.5. The largest absolute Gasteiger partial charge is 0.480 e. The molecule has 0 saturated carbocycles. The Labute approximate surface area is 180 Å². The zero-order valence-electron chi connectivity index (χ0n) is 15.8. The monoisotopic (exact) mass is 498 g/mol. The number of halogens is 1. The maximum atomic E-state index is 11.8. The van der Waals surface area contributed by atoms with Gasteiger partial charge in [-0.1, -0.05) is 0 Å². The third-order valence-electron chi connectivity index (χ3n) is 4.59. The van der Waals surface area contributed by atoms with Gasteiger partial charge in [-0.3, -0.25) is 4.72 Å². The first-order valence-electron chi connectivity index (χ1n) is 8.90. The van der Waals surface area contributed by atoms with E-state index in [0.29, 0.717) is 18.8 Å². The van der Waals surface area contributed by atoms with Crippen LogP contribution in [0.25, 0.3) is 21.5 Å². The van der Waals surface area contributed by atoms with Gasteiger partial charge >= 0.3 is 0 Å². The summed E-state index contributed by atoms with van der Waals surface area (Å²) in [5.74, 6) is 1.18. The van der Waals surface area contributed by atoms with Crippen LogP contribution in [0.5, 0.6) is 5.88 Å². The van der Waals surface area contributed by atoms with Gasteiger partial charge in [-0.05, 0) is 34.8 Å². The van der Waals surface area contributed by atoms with Crippen LogP contribution in [0.4, 0.5) is 5.69 Å². The second-order valence-electron chi connectivity index (χ2n) is 6.73. The predicted octanol–water partition coefficient (Wildman–Crippen LogP) is 3.79. The minimum Gasteiger partial charge on any atom is -0.480 e. The van der Waals surface area contributed by atoms with Crippen molar-refractivity contribution in [3.8, 4) is 17.1 Å². The molecule has 1 fully saturated rings. The normalized spacial score (nSPS) is 15.6. The topological polar surface area (TPSA) is 103 Å². The van der Waals surface area contributed by atoms with Crippen LogP contribution in [0.1, 0.15) is 24.6 Å². The number of aromatic nitrogens is 3. The number of rotatable bonds is 5. The van der Waals surface area contributed by atoms with Gasteiger partial charge in [0.15, 0.2) is 0 Å². The molecule has 0 atom stereocenters. The fourth-order valence-electron chi connectivity index (χ4n) is 3.26. The fraction of sp³-hybridized carbons (Fsp3) is 0.389. The number of nitrogens with one attached hydrogen (secondary N) is 1. The molecule has 0 amide bonds. The summed E-state index contributed by atoms with van der Waals surface area (Å²) in [7, 11) is -2.05. The minimum absolute atomic E-state index is 0.196. The van der Waals surface area contributed by atoms with E-state index >= 15 is 0 Å². The second kappa shape index (κ2) is 8.13. The molecule has 0 radical (unpaired) electrons. The van der Waals surface area contributed by atoms with Crippen molar-refractivity contribution in [2.24, 2.45) is 0 Å². The van der Waals surface area contributed by atoms with E-state index in [1.165, 1.54) is 18.4 Å². The first-order chi connectivity index (χ1) is 13.9. The van der Waals surface area contributed by atoms with Crippen LogP contribution in [0.3, 0.4) is 0 Å². The van der Waals surface area contributed by atoms with Gasteiger partial charge in [-0.2, -0.15) is 0 Å². The van der Waals surface area contributed by atoms with E-state index in [0.717, 1.165) is 45.3 Å². The van der Waals surface area contributed by atoms with Crippen molar-refractivity contribution in [2.45, 2.75) is 18.8 Å². The second-order valence-corrected chi connectivity index (χ2v) is 10.2. The Hall–Kier alpha value is -1.82. The molecule has 4 heterocycles. The molecule has 1 saturated heterocycles. The highest BCUT2D eigenvalue weighted by Crippen LogP contribution is 2.39. The Morgan fingerprint density at radius 1 is 1.31 bits per heavy atom. The number of hydrogen-bond acceptors (Lipinski definition) is 8. The van der Waals surface area contributed by atoms with Crippen LogP contribution in [-0.2, 0) is 14.8 Å². The van der Waals surface area contributed by atoms with Crippen molar-refractivity contribution in [1.82, 2.24) is 15.0 Å². The van der Waals surface area contributed by atoms with Gasteiger partial charge in [0.25, 0.3) is 0 Å². The highest BCUT2D eigenvalue weighted by Gasteiger charge is 2.23. The lowest BCUT2D eigenvalue weighted by molar-refractivity contribution is 0.0837. The molecule has 0 aliphatic carbocycles. The first-order valence-corrected chi connectivity index (χ1v) is 12.5. The quantitative estimate of drug-likeness (QED) is 0.570. The van der Waals surface area contributed by atoms with Crippen molar-refractivity contribution in [1.29, 1.82) is 0 Å². The number of anilines is 1. The summed E-state index contributed by atoms with van der Waals surface area (Å²) in [6.45, 7) is 1.39. The highest BCUT2D eigenvalue weighted by molar-refractivity contribution is 9.10. The lowest BCUT2D eigenvalue weighted by Gasteiger charge is -2.21. The number of pyridine rings is 1. The SMILES string of the molecule is COc1ncc(-c2nc(C3CCOCC3)nc3c(Br)csc23)cc1NS(C)(=O)=O. The predicted molar refractivity (Wildman–Crippen MR) is 116 cm³/mol. The number of methoxy groups -OCH3 is 1. The summed E-state index contributed by atoms with van der Waals surface area (Å²) in [6, 6.07) is 1.69. The molecule has 1 N–H and O–H groups in total. The van der Waals surface area contributed by atoms with Gasteiger partial charge in [-0.15, -0.1) is 11.3 Å². The maximum Gasteiger partial charge on any atom is 0.238 e. The van der Waals surface area contributed by atoms with Crippen LogP contribution >= 0.6 is 27.3 Å². The van der Waals surface area contributed by atoms with E-state index < -0.39 is 10.0 Å². The van der Waals surface area contributed by atoms with Crippen LogP contribution in [0.15, 0.2) is 22.1 Å². The summed E-state index contributed by atoms with van der Waals surface area (Å²) in [6.07, 6.45) is 4.46. The van der Waals surface area contributed by atoms with Gasteiger partial charge in [0, 0.05) is 36.3 Å². The Kier molecular flexibility index (Phi) is 5.74. The summed E-state index contributed by atoms with van der Waals surface area (Å²) in [5.41, 5.74) is 2.52. The summed E-state index contributed by atoms with van der Waals surface area (Å²) in [5, 5.41) is 1.98. The summed E-state index contributed by atoms with van der Waals surface area (Å²) in [4.78, 5) is 13.9. The number of sulfonamides is 1. The zero-order valence-corrected chi connectivity index (χ0v) is 19.0. The van der Waals surface area contributed by atoms with Gasteiger partial charge in [-0.25, -0.2) is 23.4 Å². The van der Waals surface area contributed by atoms with Crippen molar-refractivity contribution >= 4 is 53.2 Å². The molecule has 0 unspecified atom stereocenters. The molecule has 3 aromatic rings. The third-order valence-corrected chi connectivity index (χ3v) is 7.06. The van der Waals surface area contributed by atoms with Gasteiger partial charge in [0.05, 0.1) is 33.7 Å². The molecular formula is C18H19BrN4O4S2. The van der Waals surface area contributed by atoms with E-state index in [-0.39, 0.29) is 17.5 Å². The Morgan fingerprint density at radius 3 is 2.76 bits per heavy atom. The van der Waals surface area contributed by atoms with Gasteiger partial charge < -0.3 is 9.47 Å². The Balaban J connectivity index is 1.87. The number of ether oxygens (including phenoxy) is 2. The van der Waals surface area contributed by atoms with Gasteiger partial charge in [0.1, 0.15) is 11.5 Å². The maximum absolute atomic E-state index is 11.8. The highest BCUT2D eigenvalue weighted by atomic mass is 79.9. The van der Waals surface area contributed by atoms with E-state index in [1.807, 2.05) is 5.38 Å². The molecule has 0 bridgehead atoms. The average Bonchev–Trinajstić information content (AvgIpc) is 3.08. The molecule has 3 aromatic heterocycles. The standard InChI is InChI=1S/C18H19BrN4O4S2/c1-26-18-13(23-29(2,24)25)7-11(8-20-18)14-16-15(12(19)9-28-16)22-17(21-14)10-3-5-27-6-4-10/h7-10,23H,3-6H2,1-2H3. The Bertz CT molecular complexity index is 1160. The molecular weight excluding hydrogens is 480 g/mol. The Morgan fingerprint density at radius 2 is 2.07 bits per heavy atom. The van der Waals surface area contributed by atoms with E-state index in [1.54, 1.807) is 12.3 Å². The number of nitrogens with zero attached hydrogens (tertiary/aromatic N) is 3. The molecule has 4 rings (SSSR count). The molecule has 8 nitrogen and oxygen atoms in total. The third kappa shape index (κ3) is 4.37. The van der Waals surface area contributed by atoms with E-state index in [9.17, 15) is 8.42 Å². The van der Waals surface area contributed by atoms with Crippen LogP contribution < -0.4 is 9.46 Å². The molecule has 11 heteroatoms. The van der Waals surface area contributed by atoms with Crippen molar-refractivity contribution in [3.05, 3.63) is 27.9 Å². The van der Waals surface area contributed by atoms with E-state index in [4.69, 9.17) is 19.4 Å². The first kappa shape index (κ1) is 20.5. The molecule has 1 aliphatic heterocycles. The molecule has 1 aliphatic rings. The lowest BCUT2D eigenvalue weighted by atomic mass is 9.99. The number of hydrogen-bond donors (Lipinski definition) is 1. The van der Waals surface area contributed by atoms with E-state index in [2.05, 4.69) is 25.6 Å². The van der Waals surface area contributed by atoms with Crippen LogP contribution in [0.2, 0.25) is 0 Å². The minimum atomic E-state index is -3.49.